The molecule has 0 atom stereocenters. The molecule has 1 N–H and O–H groups in total. The van der Waals surface area contributed by atoms with E-state index < -0.39 is 0 Å². The van der Waals surface area contributed by atoms with Crippen LogP contribution in [0.3, 0.4) is 0 Å². The van der Waals surface area contributed by atoms with E-state index in [9.17, 15) is 4.39 Å². The molecule has 0 amide bonds. The lowest BCUT2D eigenvalue weighted by Crippen LogP contribution is -2.31. The van der Waals surface area contributed by atoms with Gasteiger partial charge in [0.25, 0.3) is 0 Å². The largest absolute Gasteiger partial charge is 0.555 e. The van der Waals surface area contributed by atoms with E-state index in [2.05, 4.69) is 5.23 Å². The predicted molar refractivity (Wildman–Crippen MR) is 55.6 cm³/mol. The number of hydrogen-bond donors (Lipinski definition) is 1. The first-order valence-corrected chi connectivity index (χ1v) is 4.97. The highest BCUT2D eigenvalue weighted by molar-refractivity contribution is 6.41. The minimum absolute atomic E-state index is 0.237. The van der Waals surface area contributed by atoms with Gasteiger partial charge in [0, 0.05) is 13.2 Å². The van der Waals surface area contributed by atoms with Gasteiger partial charge in [-0.05, 0) is 30.2 Å². The van der Waals surface area contributed by atoms with Gasteiger partial charge < -0.3 is 14.5 Å². The lowest BCUT2D eigenvalue weighted by atomic mass is 10.1. The van der Waals surface area contributed by atoms with E-state index in [1.807, 2.05) is 6.92 Å². The first-order valence-electron chi connectivity index (χ1n) is 4.97. The Labute approximate surface area is 88.7 Å². The first-order chi connectivity index (χ1) is 7.25. The van der Waals surface area contributed by atoms with E-state index in [4.69, 9.17) is 9.31 Å². The molecule has 0 unspecified atom stereocenters. The van der Waals surface area contributed by atoms with Crippen molar-refractivity contribution in [3.05, 3.63) is 35.1 Å². The summed E-state index contributed by atoms with van der Waals surface area (Å²) in [5.41, 5.74) is 1.88. The van der Waals surface area contributed by atoms with Crippen LogP contribution in [0.2, 0.25) is 0 Å². The molecule has 0 spiro atoms. The second kappa shape index (κ2) is 4.74. The molecule has 5 heteroatoms. The Hall–Kier alpha value is -0.905. The average Bonchev–Trinajstić information content (AvgIpc) is 2.72. The minimum Gasteiger partial charge on any atom is -0.396 e. The molecule has 0 bridgehead atoms. The Morgan fingerprint density at radius 2 is 2.47 bits per heavy atom. The maximum Gasteiger partial charge on any atom is 0.555 e. The number of aryl methyl sites for hydroxylation is 1. The van der Waals surface area contributed by atoms with Crippen molar-refractivity contribution in [1.82, 2.24) is 5.23 Å². The molecule has 0 radical (unpaired) electrons. The van der Waals surface area contributed by atoms with Crippen LogP contribution in [-0.4, -0.2) is 20.4 Å². The average molecular weight is 209 g/mol. The van der Waals surface area contributed by atoms with Crippen molar-refractivity contribution in [3.63, 3.8) is 0 Å². The summed E-state index contributed by atoms with van der Waals surface area (Å²) in [6.45, 7) is 3.75. The van der Waals surface area contributed by atoms with E-state index in [-0.39, 0.29) is 13.1 Å². The van der Waals surface area contributed by atoms with Gasteiger partial charge in [0.15, 0.2) is 0 Å². The van der Waals surface area contributed by atoms with Gasteiger partial charge in [-0.3, -0.25) is 0 Å². The fourth-order valence-electron chi connectivity index (χ4n) is 1.47. The van der Waals surface area contributed by atoms with Gasteiger partial charge in [0.1, 0.15) is 5.82 Å². The van der Waals surface area contributed by atoms with Crippen molar-refractivity contribution < 1.29 is 13.7 Å². The van der Waals surface area contributed by atoms with Crippen LogP contribution in [0.4, 0.5) is 4.39 Å². The Bertz CT molecular complexity index is 342. The van der Waals surface area contributed by atoms with Crippen LogP contribution in [0.5, 0.6) is 0 Å². The molecule has 1 aromatic rings. The second-order valence-electron chi connectivity index (χ2n) is 3.54. The van der Waals surface area contributed by atoms with Gasteiger partial charge >= 0.3 is 7.25 Å². The maximum absolute atomic E-state index is 12.9. The molecular formula is C10H13BFNO2. The van der Waals surface area contributed by atoms with E-state index in [0.29, 0.717) is 13.2 Å². The van der Waals surface area contributed by atoms with Gasteiger partial charge in [0.2, 0.25) is 0 Å². The molecule has 80 valence electrons. The van der Waals surface area contributed by atoms with Crippen LogP contribution in [0.15, 0.2) is 18.2 Å². The lowest BCUT2D eigenvalue weighted by Gasteiger charge is -2.09. The minimum atomic E-state index is -0.354. The molecule has 3 nitrogen and oxygen atoms in total. The zero-order chi connectivity index (χ0) is 10.7. The smallest absolute Gasteiger partial charge is 0.396 e. The molecule has 15 heavy (non-hydrogen) atoms. The van der Waals surface area contributed by atoms with Crippen molar-refractivity contribution in [1.29, 1.82) is 0 Å². The molecular weight excluding hydrogens is 196 g/mol. The number of hydrogen-bond acceptors (Lipinski definition) is 3. The quantitative estimate of drug-likeness (QED) is 0.760. The highest BCUT2D eigenvalue weighted by Crippen LogP contribution is 2.12. The van der Waals surface area contributed by atoms with Crippen molar-refractivity contribution in [2.75, 3.05) is 13.2 Å². The summed E-state index contributed by atoms with van der Waals surface area (Å²) in [5.74, 6) is -0.237. The number of benzene rings is 1. The summed E-state index contributed by atoms with van der Waals surface area (Å²) in [6.07, 6.45) is 0. The fraction of sp³-hybridized carbons (Fsp3) is 0.400. The van der Waals surface area contributed by atoms with Crippen LogP contribution < -0.4 is 5.23 Å². The van der Waals surface area contributed by atoms with Gasteiger partial charge in [-0.15, -0.1) is 0 Å². The van der Waals surface area contributed by atoms with Gasteiger partial charge in [-0.1, -0.05) is 6.07 Å². The van der Waals surface area contributed by atoms with Crippen molar-refractivity contribution in [2.45, 2.75) is 13.5 Å². The Morgan fingerprint density at radius 1 is 1.60 bits per heavy atom. The second-order valence-corrected chi connectivity index (χ2v) is 3.54. The van der Waals surface area contributed by atoms with E-state index in [1.165, 1.54) is 12.1 Å². The van der Waals surface area contributed by atoms with Crippen LogP contribution in [0.25, 0.3) is 0 Å². The molecule has 1 fully saturated rings. The Morgan fingerprint density at radius 3 is 3.20 bits per heavy atom. The molecule has 2 rings (SSSR count). The molecule has 0 aliphatic carbocycles. The molecule has 1 aliphatic heterocycles. The highest BCUT2D eigenvalue weighted by Gasteiger charge is 2.23. The third kappa shape index (κ3) is 2.78. The summed E-state index contributed by atoms with van der Waals surface area (Å²) < 4.78 is 23.6. The number of nitrogens with one attached hydrogen (secondary N) is 1. The molecule has 1 heterocycles. The molecule has 0 saturated carbocycles. The zero-order valence-corrected chi connectivity index (χ0v) is 8.63. The normalized spacial score (nSPS) is 16.0. The molecule has 1 aliphatic rings. The summed E-state index contributed by atoms with van der Waals surface area (Å²) in [6, 6.07) is 4.68. The Balaban J connectivity index is 1.94. The van der Waals surface area contributed by atoms with Gasteiger partial charge in [0.05, 0.1) is 6.61 Å². The third-order valence-corrected chi connectivity index (χ3v) is 2.38. The van der Waals surface area contributed by atoms with Crippen LogP contribution in [0, 0.1) is 12.7 Å². The Kier molecular flexibility index (Phi) is 3.35. The molecule has 1 aromatic carbocycles. The van der Waals surface area contributed by atoms with Gasteiger partial charge in [-0.2, -0.15) is 0 Å². The number of rotatable bonds is 3. The van der Waals surface area contributed by atoms with Crippen LogP contribution in [0.1, 0.15) is 11.1 Å². The topological polar surface area (TPSA) is 30.5 Å². The standard InChI is InChI=1S/C10H13BFNO2/c1-8-2-3-10(12)6-9(8)7-15-11-13-4-5-14-11/h2-3,6,13H,4-5,7H2,1H3. The maximum atomic E-state index is 12.9. The highest BCUT2D eigenvalue weighted by atomic mass is 19.1. The first kappa shape index (κ1) is 10.6. The predicted octanol–water partition coefficient (Wildman–Crippen LogP) is 1.26. The monoisotopic (exact) mass is 209 g/mol. The zero-order valence-electron chi connectivity index (χ0n) is 8.63. The van der Waals surface area contributed by atoms with Crippen molar-refractivity contribution >= 4 is 7.25 Å². The molecule has 0 aromatic heterocycles. The van der Waals surface area contributed by atoms with Crippen LogP contribution in [-0.2, 0) is 15.9 Å². The SMILES string of the molecule is Cc1ccc(F)cc1COB1NCCO1. The van der Waals surface area contributed by atoms with Gasteiger partial charge in [-0.25, -0.2) is 4.39 Å². The number of halogens is 1. The van der Waals surface area contributed by atoms with Crippen molar-refractivity contribution in [3.8, 4) is 0 Å². The van der Waals surface area contributed by atoms with E-state index in [0.717, 1.165) is 17.7 Å². The summed E-state index contributed by atoms with van der Waals surface area (Å²) in [5, 5.41) is 3.02. The van der Waals surface area contributed by atoms with Crippen LogP contribution >= 0.6 is 0 Å². The summed E-state index contributed by atoms with van der Waals surface area (Å²) in [4.78, 5) is 0. The van der Waals surface area contributed by atoms with E-state index >= 15 is 0 Å². The third-order valence-electron chi connectivity index (χ3n) is 2.38. The fourth-order valence-corrected chi connectivity index (χ4v) is 1.47. The van der Waals surface area contributed by atoms with Crippen molar-refractivity contribution in [2.24, 2.45) is 0 Å². The molecule has 1 saturated heterocycles. The lowest BCUT2D eigenvalue weighted by molar-refractivity contribution is 0.214. The van der Waals surface area contributed by atoms with E-state index in [1.54, 1.807) is 6.07 Å². The summed E-state index contributed by atoms with van der Waals surface area (Å²) in [7, 11) is -0.354. The summed E-state index contributed by atoms with van der Waals surface area (Å²) >= 11 is 0.